The maximum absolute atomic E-state index is 12.3. The van der Waals surface area contributed by atoms with Crippen LogP contribution in [-0.2, 0) is 9.59 Å². The van der Waals surface area contributed by atoms with Gasteiger partial charge in [0.15, 0.2) is 12.4 Å². The van der Waals surface area contributed by atoms with E-state index in [-0.39, 0.29) is 37.0 Å². The molecule has 0 aliphatic heterocycles. The number of hydrogen-bond donors (Lipinski definition) is 1. The van der Waals surface area contributed by atoms with E-state index in [0.717, 1.165) is 11.1 Å². The first-order valence-corrected chi connectivity index (χ1v) is 9.09. The van der Waals surface area contributed by atoms with Gasteiger partial charge in [-0.3, -0.25) is 14.4 Å². The van der Waals surface area contributed by atoms with Crippen molar-refractivity contribution in [3.63, 3.8) is 0 Å². The highest BCUT2D eigenvalue weighted by Gasteiger charge is 2.11. The second-order valence-corrected chi connectivity index (χ2v) is 6.87. The van der Waals surface area contributed by atoms with Gasteiger partial charge in [-0.05, 0) is 55.3 Å². The van der Waals surface area contributed by atoms with Gasteiger partial charge < -0.3 is 15.0 Å². The van der Waals surface area contributed by atoms with E-state index in [1.807, 2.05) is 26.0 Å². The first kappa shape index (κ1) is 21.2. The molecule has 148 valence electrons. The normalized spacial score (nSPS) is 10.3. The van der Waals surface area contributed by atoms with E-state index in [9.17, 15) is 14.4 Å². The molecule has 2 rings (SSSR count). The van der Waals surface area contributed by atoms with Crippen LogP contribution >= 0.6 is 0 Å². The first-order chi connectivity index (χ1) is 13.3. The third-order valence-corrected chi connectivity index (χ3v) is 4.41. The minimum absolute atomic E-state index is 0.0424. The number of rotatable bonds is 8. The van der Waals surface area contributed by atoms with Gasteiger partial charge in [-0.25, -0.2) is 0 Å². The number of amides is 2. The van der Waals surface area contributed by atoms with Crippen molar-refractivity contribution in [1.82, 2.24) is 4.90 Å². The quantitative estimate of drug-likeness (QED) is 0.710. The summed E-state index contributed by atoms with van der Waals surface area (Å²) in [6.07, 6.45) is 0.267. The number of likely N-dealkylation sites (N-methyl/N-ethyl adjacent to an activating group) is 1. The third-order valence-electron chi connectivity index (χ3n) is 4.41. The van der Waals surface area contributed by atoms with Crippen LogP contribution in [-0.4, -0.2) is 43.2 Å². The van der Waals surface area contributed by atoms with Crippen LogP contribution in [0.5, 0.6) is 5.75 Å². The lowest BCUT2D eigenvalue weighted by atomic mass is 10.0. The van der Waals surface area contributed by atoms with Crippen molar-refractivity contribution in [2.45, 2.75) is 26.7 Å². The van der Waals surface area contributed by atoms with Crippen LogP contribution < -0.4 is 10.1 Å². The Labute approximate surface area is 165 Å². The molecule has 1 N–H and O–H groups in total. The predicted octanol–water partition coefficient (Wildman–Crippen LogP) is 3.37. The highest BCUT2D eigenvalue weighted by atomic mass is 16.5. The highest BCUT2D eigenvalue weighted by Crippen LogP contribution is 2.17. The third kappa shape index (κ3) is 6.23. The fourth-order valence-electron chi connectivity index (χ4n) is 2.42. The molecule has 0 radical (unpaired) electrons. The molecule has 0 aliphatic rings. The Morgan fingerprint density at radius 1 is 0.929 bits per heavy atom. The van der Waals surface area contributed by atoms with E-state index >= 15 is 0 Å². The average Bonchev–Trinajstić information content (AvgIpc) is 2.67. The van der Waals surface area contributed by atoms with Crippen LogP contribution in [0.1, 0.15) is 34.3 Å². The molecule has 6 heteroatoms. The topological polar surface area (TPSA) is 75.7 Å². The molecule has 28 heavy (non-hydrogen) atoms. The summed E-state index contributed by atoms with van der Waals surface area (Å²) in [5, 5.41) is 2.76. The summed E-state index contributed by atoms with van der Waals surface area (Å²) in [4.78, 5) is 37.3. The number of ketones is 1. The zero-order chi connectivity index (χ0) is 20.7. The molecule has 0 heterocycles. The number of hydrogen-bond acceptors (Lipinski definition) is 4. The van der Waals surface area contributed by atoms with Crippen molar-refractivity contribution in [2.75, 3.05) is 26.0 Å². The van der Waals surface area contributed by atoms with Crippen LogP contribution in [0.25, 0.3) is 0 Å². The second-order valence-electron chi connectivity index (χ2n) is 6.87. The minimum atomic E-state index is -0.228. The van der Waals surface area contributed by atoms with E-state index in [2.05, 4.69) is 5.32 Å². The summed E-state index contributed by atoms with van der Waals surface area (Å²) in [6, 6.07) is 12.3. The van der Waals surface area contributed by atoms with Crippen molar-refractivity contribution in [3.05, 3.63) is 59.2 Å². The number of anilines is 1. The van der Waals surface area contributed by atoms with Gasteiger partial charge in [0, 0.05) is 38.2 Å². The van der Waals surface area contributed by atoms with Crippen LogP contribution in [0.2, 0.25) is 0 Å². The standard InChI is InChI=1S/C22H26N2O4/c1-15-5-6-17(13-16(15)2)20(25)11-12-21(26)23-18-7-9-19(10-8-18)28-14-22(27)24(3)4/h5-10,13H,11-12,14H2,1-4H3,(H,23,26). The maximum atomic E-state index is 12.3. The summed E-state index contributed by atoms with van der Waals surface area (Å²) in [7, 11) is 3.32. The molecule has 0 spiro atoms. The van der Waals surface area contributed by atoms with Crippen LogP contribution in [0.15, 0.2) is 42.5 Å². The van der Waals surface area contributed by atoms with Crippen molar-refractivity contribution in [3.8, 4) is 5.75 Å². The molecule has 0 fully saturated rings. The molecule has 0 unspecified atom stereocenters. The molecule has 0 bridgehead atoms. The monoisotopic (exact) mass is 382 g/mol. The number of carbonyl (C=O) groups excluding carboxylic acids is 3. The van der Waals surface area contributed by atoms with Gasteiger partial charge >= 0.3 is 0 Å². The minimum Gasteiger partial charge on any atom is -0.484 e. The van der Waals surface area contributed by atoms with Gasteiger partial charge in [0.05, 0.1) is 0 Å². The first-order valence-electron chi connectivity index (χ1n) is 9.09. The van der Waals surface area contributed by atoms with Crippen LogP contribution in [0.3, 0.4) is 0 Å². The molecule has 0 aromatic heterocycles. The van der Waals surface area contributed by atoms with Gasteiger partial charge in [-0.2, -0.15) is 0 Å². The molecule has 0 atom stereocenters. The fourth-order valence-corrected chi connectivity index (χ4v) is 2.42. The summed E-state index contributed by atoms with van der Waals surface area (Å²) >= 11 is 0. The van der Waals surface area contributed by atoms with Crippen molar-refractivity contribution in [2.24, 2.45) is 0 Å². The molecule has 0 aliphatic carbocycles. The number of Topliss-reactive ketones (excluding diaryl/α,β-unsaturated/α-hetero) is 1. The molecule has 0 saturated carbocycles. The Morgan fingerprint density at radius 2 is 1.61 bits per heavy atom. The van der Waals surface area contributed by atoms with Crippen LogP contribution in [0.4, 0.5) is 5.69 Å². The number of nitrogens with one attached hydrogen (secondary N) is 1. The highest BCUT2D eigenvalue weighted by molar-refractivity contribution is 6.00. The van der Waals surface area contributed by atoms with Crippen molar-refractivity contribution < 1.29 is 19.1 Å². The molecular weight excluding hydrogens is 356 g/mol. The van der Waals surface area contributed by atoms with E-state index in [4.69, 9.17) is 4.74 Å². The van der Waals surface area contributed by atoms with Crippen molar-refractivity contribution in [1.29, 1.82) is 0 Å². The van der Waals surface area contributed by atoms with E-state index in [0.29, 0.717) is 17.0 Å². The fraction of sp³-hybridized carbons (Fsp3) is 0.318. The molecule has 0 saturated heterocycles. The summed E-state index contributed by atoms with van der Waals surface area (Å²) < 4.78 is 5.39. The van der Waals surface area contributed by atoms with Gasteiger partial charge in [-0.1, -0.05) is 12.1 Å². The SMILES string of the molecule is Cc1ccc(C(=O)CCC(=O)Nc2ccc(OCC(=O)N(C)C)cc2)cc1C. The largest absolute Gasteiger partial charge is 0.484 e. The van der Waals surface area contributed by atoms with Gasteiger partial charge in [-0.15, -0.1) is 0 Å². The Morgan fingerprint density at radius 3 is 2.21 bits per heavy atom. The van der Waals surface area contributed by atoms with Gasteiger partial charge in [0.1, 0.15) is 5.75 Å². The Bertz CT molecular complexity index is 857. The average molecular weight is 382 g/mol. The van der Waals surface area contributed by atoms with Crippen molar-refractivity contribution >= 4 is 23.3 Å². The summed E-state index contributed by atoms with van der Waals surface area (Å²) in [6.45, 7) is 3.91. The summed E-state index contributed by atoms with van der Waals surface area (Å²) in [5.74, 6) is 0.130. The smallest absolute Gasteiger partial charge is 0.259 e. The van der Waals surface area contributed by atoms with Crippen LogP contribution in [0, 0.1) is 13.8 Å². The second kappa shape index (κ2) is 9.69. The summed E-state index contributed by atoms with van der Waals surface area (Å²) in [5.41, 5.74) is 3.43. The lowest BCUT2D eigenvalue weighted by Crippen LogP contribution is -2.27. The number of ether oxygens (including phenoxy) is 1. The van der Waals surface area contributed by atoms with E-state index in [1.54, 1.807) is 44.4 Å². The lowest BCUT2D eigenvalue weighted by molar-refractivity contribution is -0.130. The molecular formula is C22H26N2O4. The predicted molar refractivity (Wildman–Crippen MR) is 109 cm³/mol. The molecule has 2 amide bonds. The number of aryl methyl sites for hydroxylation is 2. The van der Waals surface area contributed by atoms with Gasteiger partial charge in [0.2, 0.25) is 5.91 Å². The van der Waals surface area contributed by atoms with E-state index in [1.165, 1.54) is 4.90 Å². The Balaban J connectivity index is 1.81. The number of benzene rings is 2. The Kier molecular flexibility index (Phi) is 7.32. The zero-order valence-corrected chi connectivity index (χ0v) is 16.7. The number of carbonyl (C=O) groups is 3. The molecule has 2 aromatic carbocycles. The van der Waals surface area contributed by atoms with E-state index < -0.39 is 0 Å². The maximum Gasteiger partial charge on any atom is 0.259 e. The molecule has 6 nitrogen and oxygen atoms in total. The lowest BCUT2D eigenvalue weighted by Gasteiger charge is -2.11. The Hall–Kier alpha value is -3.15. The number of nitrogens with zero attached hydrogens (tertiary/aromatic N) is 1. The van der Waals surface area contributed by atoms with Gasteiger partial charge in [0.25, 0.3) is 5.91 Å². The zero-order valence-electron chi connectivity index (χ0n) is 16.7. The molecule has 2 aromatic rings.